The summed E-state index contributed by atoms with van der Waals surface area (Å²) in [6, 6.07) is 4.36. The van der Waals surface area contributed by atoms with Crippen LogP contribution in [0.1, 0.15) is 22.3 Å². The zero-order valence-electron chi connectivity index (χ0n) is 14.0. The molecule has 0 aliphatic carbocycles. The van der Waals surface area contributed by atoms with Crippen LogP contribution in [0.15, 0.2) is 32.1 Å². The topological polar surface area (TPSA) is 118 Å². The lowest BCUT2D eigenvalue weighted by Crippen LogP contribution is -1.88. The number of carbonyl (C=O) groups excluding carboxylic acids is 4. The van der Waals surface area contributed by atoms with Crippen molar-refractivity contribution in [1.82, 2.24) is 0 Å². The number of hydrogen-bond donors (Lipinski definition) is 0. The number of isocyanates is 4. The van der Waals surface area contributed by atoms with Crippen molar-refractivity contribution < 1.29 is 19.2 Å². The predicted molar refractivity (Wildman–Crippen MR) is 87.6 cm³/mol. The average molecular weight is 330 g/mol. The normalized spacial score (nSPS) is 7.50. The fourth-order valence-electron chi connectivity index (χ4n) is 1.28. The van der Waals surface area contributed by atoms with Crippen molar-refractivity contribution in [2.45, 2.75) is 27.7 Å². The van der Waals surface area contributed by atoms with Gasteiger partial charge in [-0.15, -0.1) is 0 Å². The molecule has 0 bridgehead atoms. The number of aliphatic imine (C=N–C) groups is 4. The van der Waals surface area contributed by atoms with Crippen LogP contribution in [0.3, 0.4) is 0 Å². The molecular weight excluding hydrogens is 312 g/mol. The molecule has 0 aromatic heterocycles. The molecule has 0 unspecified atom stereocenters. The maximum absolute atomic E-state index is 9.20. The number of aryl methyl sites for hydroxylation is 2. The Morgan fingerprint density at radius 3 is 1.08 bits per heavy atom. The Morgan fingerprint density at radius 2 is 0.875 bits per heavy atom. The van der Waals surface area contributed by atoms with Gasteiger partial charge in [0.2, 0.25) is 24.3 Å². The Bertz CT molecular complexity index is 612. The van der Waals surface area contributed by atoms with Gasteiger partial charge in [-0.2, -0.15) is 20.0 Å². The van der Waals surface area contributed by atoms with Crippen molar-refractivity contribution in [3.05, 3.63) is 34.4 Å². The minimum atomic E-state index is -0.160. The first-order chi connectivity index (χ1) is 11.5. The summed E-state index contributed by atoms with van der Waals surface area (Å²) in [6.07, 6.45) is 4.82. The monoisotopic (exact) mass is 330 g/mol. The molecule has 0 radical (unpaired) electrons. The third-order valence-corrected chi connectivity index (χ3v) is 2.87. The Hall–Kier alpha value is -3.26. The summed E-state index contributed by atoms with van der Waals surface area (Å²) in [5.74, 6) is 0. The van der Waals surface area contributed by atoms with Gasteiger partial charge in [-0.1, -0.05) is 12.1 Å². The van der Waals surface area contributed by atoms with E-state index in [1.165, 1.54) is 46.6 Å². The van der Waals surface area contributed by atoms with Gasteiger partial charge in [0.25, 0.3) is 0 Å². The highest BCUT2D eigenvalue weighted by Gasteiger charge is 1.97. The quantitative estimate of drug-likeness (QED) is 0.620. The minimum Gasteiger partial charge on any atom is -0.211 e. The van der Waals surface area contributed by atoms with Gasteiger partial charge >= 0.3 is 0 Å². The van der Waals surface area contributed by atoms with Crippen LogP contribution in [0.25, 0.3) is 0 Å². The van der Waals surface area contributed by atoms with E-state index in [9.17, 15) is 19.2 Å². The lowest BCUT2D eigenvalue weighted by Gasteiger charge is -2.06. The fourth-order valence-corrected chi connectivity index (χ4v) is 1.28. The van der Waals surface area contributed by atoms with Gasteiger partial charge in [-0.25, -0.2) is 19.2 Å². The van der Waals surface area contributed by atoms with E-state index >= 15 is 0 Å². The van der Waals surface area contributed by atoms with E-state index in [0.29, 0.717) is 0 Å². The number of rotatable bonds is 4. The van der Waals surface area contributed by atoms with Crippen LogP contribution >= 0.6 is 0 Å². The highest BCUT2D eigenvalue weighted by Crippen LogP contribution is 2.15. The fraction of sp³-hybridized carbons (Fsp3) is 0.375. The summed E-state index contributed by atoms with van der Waals surface area (Å²) in [5, 5.41) is 0. The Kier molecular flexibility index (Phi) is 15.5. The second kappa shape index (κ2) is 16.1. The summed E-state index contributed by atoms with van der Waals surface area (Å²) in [6.45, 7) is 8.35. The SMILES string of the molecule is Cc1ccc(C)c(C)c1C.O=C=NCN=C=O.O=C=NCN=C=O. The first kappa shape index (κ1) is 23.0. The highest BCUT2D eigenvalue weighted by atomic mass is 16.1. The van der Waals surface area contributed by atoms with Crippen LogP contribution < -0.4 is 0 Å². The highest BCUT2D eigenvalue weighted by molar-refractivity contribution is 5.37. The van der Waals surface area contributed by atoms with Crippen molar-refractivity contribution in [2.24, 2.45) is 20.0 Å². The average Bonchev–Trinajstić information content (AvgIpc) is 2.59. The molecule has 0 saturated carbocycles. The van der Waals surface area contributed by atoms with E-state index in [0.717, 1.165) is 0 Å². The van der Waals surface area contributed by atoms with Crippen molar-refractivity contribution in [3.8, 4) is 0 Å². The molecule has 0 N–H and O–H groups in total. The largest absolute Gasteiger partial charge is 0.236 e. The number of hydrogen-bond acceptors (Lipinski definition) is 8. The van der Waals surface area contributed by atoms with E-state index in [1.54, 1.807) is 0 Å². The van der Waals surface area contributed by atoms with Gasteiger partial charge in [0, 0.05) is 0 Å². The summed E-state index contributed by atoms with van der Waals surface area (Å²) in [4.78, 5) is 48.5. The van der Waals surface area contributed by atoms with Gasteiger partial charge in [-0.05, 0) is 49.9 Å². The molecule has 0 heterocycles. The first-order valence-electron chi connectivity index (χ1n) is 6.64. The van der Waals surface area contributed by atoms with Gasteiger partial charge in [0.05, 0.1) is 0 Å². The molecular formula is C16H18N4O4. The smallest absolute Gasteiger partial charge is 0.211 e. The van der Waals surface area contributed by atoms with Crippen LogP contribution in [-0.2, 0) is 19.2 Å². The molecule has 0 atom stereocenters. The van der Waals surface area contributed by atoms with Crippen molar-refractivity contribution in [3.63, 3.8) is 0 Å². The maximum Gasteiger partial charge on any atom is 0.236 e. The molecule has 1 rings (SSSR count). The third-order valence-electron chi connectivity index (χ3n) is 2.87. The van der Waals surface area contributed by atoms with Crippen molar-refractivity contribution in [1.29, 1.82) is 0 Å². The van der Waals surface area contributed by atoms with Gasteiger partial charge in [0.1, 0.15) is 0 Å². The van der Waals surface area contributed by atoms with E-state index < -0.39 is 0 Å². The van der Waals surface area contributed by atoms with Crippen molar-refractivity contribution >= 4 is 24.3 Å². The lowest BCUT2D eigenvalue weighted by molar-refractivity contribution is 0.559. The summed E-state index contributed by atoms with van der Waals surface area (Å²) < 4.78 is 0. The molecule has 0 spiro atoms. The summed E-state index contributed by atoms with van der Waals surface area (Å²) in [5.41, 5.74) is 5.64. The van der Waals surface area contributed by atoms with E-state index in [4.69, 9.17) is 0 Å². The molecule has 0 saturated heterocycles. The minimum absolute atomic E-state index is 0.160. The second-order valence-corrected chi connectivity index (χ2v) is 4.23. The molecule has 0 aliphatic rings. The summed E-state index contributed by atoms with van der Waals surface area (Å²) in [7, 11) is 0. The zero-order chi connectivity index (χ0) is 18.8. The van der Waals surface area contributed by atoms with Crippen LogP contribution in [0.5, 0.6) is 0 Å². The first-order valence-corrected chi connectivity index (χ1v) is 6.64. The van der Waals surface area contributed by atoms with Crippen LogP contribution in [0.4, 0.5) is 0 Å². The second-order valence-electron chi connectivity index (χ2n) is 4.23. The lowest BCUT2D eigenvalue weighted by atomic mass is 10.0. The van der Waals surface area contributed by atoms with E-state index in [2.05, 4.69) is 59.8 Å². The zero-order valence-corrected chi connectivity index (χ0v) is 14.0. The van der Waals surface area contributed by atoms with Crippen molar-refractivity contribution in [2.75, 3.05) is 13.3 Å². The third kappa shape index (κ3) is 12.5. The molecule has 126 valence electrons. The standard InChI is InChI=1S/C10H14.2C3H2N2O2/c1-7-5-6-8(2)10(4)9(7)3;2*6-2-4-1-5-3-7/h5-6H,1-4H3;2*1H2. The molecule has 0 aliphatic heterocycles. The van der Waals surface area contributed by atoms with E-state index in [-0.39, 0.29) is 13.3 Å². The van der Waals surface area contributed by atoms with Gasteiger partial charge < -0.3 is 0 Å². The predicted octanol–water partition coefficient (Wildman–Crippen LogP) is 2.15. The van der Waals surface area contributed by atoms with Crippen LogP contribution in [0, 0.1) is 27.7 Å². The molecule has 8 heteroatoms. The summed E-state index contributed by atoms with van der Waals surface area (Å²) >= 11 is 0. The molecule has 0 fully saturated rings. The Labute approximate surface area is 139 Å². The van der Waals surface area contributed by atoms with Crippen LogP contribution in [-0.4, -0.2) is 37.7 Å². The van der Waals surface area contributed by atoms with E-state index in [1.807, 2.05) is 0 Å². The molecule has 8 nitrogen and oxygen atoms in total. The van der Waals surface area contributed by atoms with Gasteiger partial charge in [-0.3, -0.25) is 0 Å². The Morgan fingerprint density at radius 1 is 0.625 bits per heavy atom. The Balaban J connectivity index is 0. The molecule has 1 aromatic rings. The number of nitrogens with zero attached hydrogens (tertiary/aromatic N) is 4. The maximum atomic E-state index is 9.20. The molecule has 24 heavy (non-hydrogen) atoms. The molecule has 1 aromatic carbocycles. The van der Waals surface area contributed by atoms with Crippen LogP contribution in [0.2, 0.25) is 0 Å². The number of benzene rings is 1. The molecule has 0 amide bonds. The van der Waals surface area contributed by atoms with Gasteiger partial charge in [0.15, 0.2) is 13.3 Å².